The van der Waals surface area contributed by atoms with Crippen molar-refractivity contribution in [2.24, 2.45) is 5.92 Å². The van der Waals surface area contributed by atoms with Crippen molar-refractivity contribution in [3.8, 4) is 0 Å². The van der Waals surface area contributed by atoms with Crippen LogP contribution in [0.1, 0.15) is 84.0 Å². The van der Waals surface area contributed by atoms with Gasteiger partial charge in [0.15, 0.2) is 0 Å². The fourth-order valence-electron chi connectivity index (χ4n) is 2.99. The average molecular weight is 298 g/mol. The van der Waals surface area contributed by atoms with Gasteiger partial charge in [0, 0.05) is 13.0 Å². The second-order valence-corrected chi connectivity index (χ2v) is 6.29. The van der Waals surface area contributed by atoms with Crippen LogP contribution in [0.5, 0.6) is 0 Å². The molecule has 0 N–H and O–H groups in total. The van der Waals surface area contributed by atoms with Gasteiger partial charge in [0.05, 0.1) is 6.61 Å². The van der Waals surface area contributed by atoms with Crippen molar-refractivity contribution < 1.29 is 14.3 Å². The number of unbranched alkanes of at least 4 members (excludes halogenated alkanes) is 3. The maximum Gasteiger partial charge on any atom is 0.305 e. The number of esters is 1. The highest BCUT2D eigenvalue weighted by molar-refractivity contribution is 5.69. The first-order valence-corrected chi connectivity index (χ1v) is 9.06. The van der Waals surface area contributed by atoms with Crippen molar-refractivity contribution in [1.29, 1.82) is 0 Å². The Kier molecular flexibility index (Phi) is 11.5. The van der Waals surface area contributed by atoms with Crippen molar-refractivity contribution >= 4 is 5.97 Å². The molecular formula is C18H34O3. The lowest BCUT2D eigenvalue weighted by molar-refractivity contribution is -0.145. The van der Waals surface area contributed by atoms with Crippen LogP contribution in [0.3, 0.4) is 0 Å². The fourth-order valence-corrected chi connectivity index (χ4v) is 2.99. The molecule has 0 heterocycles. The first kappa shape index (κ1) is 18.5. The van der Waals surface area contributed by atoms with Gasteiger partial charge in [-0.05, 0) is 18.8 Å². The third-order valence-corrected chi connectivity index (χ3v) is 4.35. The molecule has 0 amide bonds. The molecule has 0 atom stereocenters. The monoisotopic (exact) mass is 298 g/mol. The van der Waals surface area contributed by atoms with E-state index in [1.807, 2.05) is 0 Å². The smallest absolute Gasteiger partial charge is 0.305 e. The molecule has 1 aliphatic rings. The Balaban J connectivity index is 1.82. The van der Waals surface area contributed by atoms with Crippen molar-refractivity contribution in [1.82, 2.24) is 0 Å². The summed E-state index contributed by atoms with van der Waals surface area (Å²) in [6, 6.07) is 0. The summed E-state index contributed by atoms with van der Waals surface area (Å²) in [5.41, 5.74) is 0. The maximum absolute atomic E-state index is 11.5. The molecule has 1 fully saturated rings. The van der Waals surface area contributed by atoms with Gasteiger partial charge in [0.25, 0.3) is 0 Å². The molecule has 0 aromatic rings. The molecular weight excluding hydrogens is 264 g/mol. The fraction of sp³-hybridized carbons (Fsp3) is 0.944. The molecule has 0 saturated heterocycles. The molecule has 0 aromatic carbocycles. The maximum atomic E-state index is 11.5. The van der Waals surface area contributed by atoms with Crippen LogP contribution in [-0.2, 0) is 14.3 Å². The largest absolute Gasteiger partial charge is 0.463 e. The van der Waals surface area contributed by atoms with Gasteiger partial charge in [0.2, 0.25) is 0 Å². The minimum Gasteiger partial charge on any atom is -0.463 e. The van der Waals surface area contributed by atoms with Crippen molar-refractivity contribution in [3.63, 3.8) is 0 Å². The third kappa shape index (κ3) is 10.8. The zero-order chi connectivity index (χ0) is 15.2. The van der Waals surface area contributed by atoms with Crippen LogP contribution in [0, 0.1) is 5.92 Å². The topological polar surface area (TPSA) is 35.5 Å². The number of carbonyl (C=O) groups excluding carboxylic acids is 1. The predicted molar refractivity (Wildman–Crippen MR) is 86.3 cm³/mol. The lowest BCUT2D eigenvalue weighted by Gasteiger charge is -2.21. The molecule has 21 heavy (non-hydrogen) atoms. The SMILES string of the molecule is CCCCOCCOC(=O)CCCCCC1CCCCC1. The highest BCUT2D eigenvalue weighted by Crippen LogP contribution is 2.27. The second-order valence-electron chi connectivity index (χ2n) is 6.29. The van der Waals surface area contributed by atoms with E-state index >= 15 is 0 Å². The van der Waals surface area contributed by atoms with E-state index < -0.39 is 0 Å². The van der Waals surface area contributed by atoms with Crippen LogP contribution in [0.15, 0.2) is 0 Å². The molecule has 0 radical (unpaired) electrons. The summed E-state index contributed by atoms with van der Waals surface area (Å²) in [6.07, 6.45) is 14.7. The normalized spacial score (nSPS) is 16.0. The van der Waals surface area contributed by atoms with E-state index in [0.717, 1.165) is 31.8 Å². The summed E-state index contributed by atoms with van der Waals surface area (Å²) < 4.78 is 10.5. The molecule has 1 rings (SSSR count). The third-order valence-electron chi connectivity index (χ3n) is 4.35. The number of carbonyl (C=O) groups is 1. The summed E-state index contributed by atoms with van der Waals surface area (Å²) in [5.74, 6) is 0.901. The van der Waals surface area contributed by atoms with Crippen LogP contribution in [0.2, 0.25) is 0 Å². The van der Waals surface area contributed by atoms with Crippen molar-refractivity contribution in [2.45, 2.75) is 84.0 Å². The van der Waals surface area contributed by atoms with Gasteiger partial charge in [-0.1, -0.05) is 64.7 Å². The molecule has 1 saturated carbocycles. The Hall–Kier alpha value is -0.570. The Bertz CT molecular complexity index is 247. The van der Waals surface area contributed by atoms with Crippen LogP contribution in [0.4, 0.5) is 0 Å². The van der Waals surface area contributed by atoms with E-state index in [0.29, 0.717) is 19.6 Å². The highest BCUT2D eigenvalue weighted by Gasteiger charge is 2.12. The summed E-state index contributed by atoms with van der Waals surface area (Å²) in [7, 11) is 0. The van der Waals surface area contributed by atoms with Crippen LogP contribution in [0.25, 0.3) is 0 Å². The minimum atomic E-state index is -0.0632. The Morgan fingerprint density at radius 3 is 2.52 bits per heavy atom. The molecule has 0 unspecified atom stereocenters. The molecule has 0 aliphatic heterocycles. The molecule has 3 heteroatoms. The zero-order valence-corrected chi connectivity index (χ0v) is 13.9. The molecule has 1 aliphatic carbocycles. The average Bonchev–Trinajstić information content (AvgIpc) is 2.51. The molecule has 124 valence electrons. The highest BCUT2D eigenvalue weighted by atomic mass is 16.6. The van der Waals surface area contributed by atoms with Gasteiger partial charge in [-0.2, -0.15) is 0 Å². The van der Waals surface area contributed by atoms with E-state index in [9.17, 15) is 4.79 Å². The van der Waals surface area contributed by atoms with Gasteiger partial charge in [-0.25, -0.2) is 0 Å². The van der Waals surface area contributed by atoms with Gasteiger partial charge in [-0.15, -0.1) is 0 Å². The molecule has 0 aromatic heterocycles. The molecule has 3 nitrogen and oxygen atoms in total. The van der Waals surface area contributed by atoms with Crippen molar-refractivity contribution in [3.05, 3.63) is 0 Å². The van der Waals surface area contributed by atoms with Gasteiger partial charge in [-0.3, -0.25) is 4.79 Å². The Labute approximate surface area is 130 Å². The number of hydrogen-bond donors (Lipinski definition) is 0. The van der Waals surface area contributed by atoms with Gasteiger partial charge >= 0.3 is 5.97 Å². The lowest BCUT2D eigenvalue weighted by atomic mass is 9.85. The zero-order valence-electron chi connectivity index (χ0n) is 13.9. The standard InChI is InChI=1S/C18H34O3/c1-2-3-14-20-15-16-21-18(19)13-9-5-8-12-17-10-6-4-7-11-17/h17H,2-16H2,1H3. The second kappa shape index (κ2) is 13.1. The first-order chi connectivity index (χ1) is 10.3. The first-order valence-electron chi connectivity index (χ1n) is 9.06. The van der Waals surface area contributed by atoms with E-state index in [-0.39, 0.29) is 5.97 Å². The lowest BCUT2D eigenvalue weighted by Crippen LogP contribution is -2.11. The molecule has 0 spiro atoms. The van der Waals surface area contributed by atoms with Crippen LogP contribution < -0.4 is 0 Å². The summed E-state index contributed by atoms with van der Waals surface area (Å²) in [5, 5.41) is 0. The summed E-state index contributed by atoms with van der Waals surface area (Å²) in [4.78, 5) is 11.5. The summed E-state index contributed by atoms with van der Waals surface area (Å²) in [6.45, 7) is 3.85. The number of hydrogen-bond acceptors (Lipinski definition) is 3. The van der Waals surface area contributed by atoms with Crippen LogP contribution >= 0.6 is 0 Å². The Morgan fingerprint density at radius 2 is 1.76 bits per heavy atom. The molecule has 0 bridgehead atoms. The van der Waals surface area contributed by atoms with E-state index in [2.05, 4.69) is 6.92 Å². The number of rotatable bonds is 12. The van der Waals surface area contributed by atoms with Gasteiger partial charge in [0.1, 0.15) is 6.61 Å². The van der Waals surface area contributed by atoms with Crippen LogP contribution in [-0.4, -0.2) is 25.8 Å². The van der Waals surface area contributed by atoms with E-state index in [1.165, 1.54) is 51.4 Å². The quantitative estimate of drug-likeness (QED) is 0.380. The minimum absolute atomic E-state index is 0.0632. The number of ether oxygens (including phenoxy) is 2. The van der Waals surface area contributed by atoms with Crippen molar-refractivity contribution in [2.75, 3.05) is 19.8 Å². The predicted octanol–water partition coefficient (Wildman–Crippen LogP) is 4.88. The van der Waals surface area contributed by atoms with Gasteiger partial charge < -0.3 is 9.47 Å². The van der Waals surface area contributed by atoms with E-state index in [4.69, 9.17) is 9.47 Å². The summed E-state index contributed by atoms with van der Waals surface area (Å²) >= 11 is 0. The Morgan fingerprint density at radius 1 is 0.952 bits per heavy atom. The van der Waals surface area contributed by atoms with E-state index in [1.54, 1.807) is 0 Å².